The van der Waals surface area contributed by atoms with Crippen LogP contribution in [0.4, 0.5) is 8.78 Å². The SMILES string of the molecule is CC(C)(O)[C@@H]1CC(F)(F)CN1. The molecule has 0 spiro atoms. The van der Waals surface area contributed by atoms with E-state index >= 15 is 0 Å². The molecule has 1 fully saturated rings. The minimum absolute atomic E-state index is 0.267. The summed E-state index contributed by atoms with van der Waals surface area (Å²) in [7, 11) is 0. The smallest absolute Gasteiger partial charge is 0.261 e. The molecular weight excluding hydrogens is 152 g/mol. The predicted octanol–water partition coefficient (Wildman–Crippen LogP) is 0.754. The van der Waals surface area contributed by atoms with Crippen molar-refractivity contribution in [3.8, 4) is 0 Å². The molecule has 0 bridgehead atoms. The Kier molecular flexibility index (Phi) is 1.92. The largest absolute Gasteiger partial charge is 0.389 e. The zero-order valence-electron chi connectivity index (χ0n) is 6.69. The van der Waals surface area contributed by atoms with Gasteiger partial charge in [0.15, 0.2) is 0 Å². The summed E-state index contributed by atoms with van der Waals surface area (Å²) in [5.74, 6) is -2.65. The van der Waals surface area contributed by atoms with E-state index in [9.17, 15) is 13.9 Å². The second-order valence-electron chi connectivity index (χ2n) is 3.65. The minimum atomic E-state index is -2.65. The first-order chi connectivity index (χ1) is 4.81. The Morgan fingerprint density at radius 1 is 1.55 bits per heavy atom. The van der Waals surface area contributed by atoms with Gasteiger partial charge in [-0.2, -0.15) is 0 Å². The summed E-state index contributed by atoms with van der Waals surface area (Å²) in [4.78, 5) is 0. The fraction of sp³-hybridized carbons (Fsp3) is 1.00. The summed E-state index contributed by atoms with van der Waals surface area (Å²) in [6.07, 6.45) is -0.267. The van der Waals surface area contributed by atoms with Gasteiger partial charge in [-0.15, -0.1) is 0 Å². The van der Waals surface area contributed by atoms with E-state index in [0.29, 0.717) is 0 Å². The number of rotatable bonds is 1. The van der Waals surface area contributed by atoms with Crippen LogP contribution in [0.1, 0.15) is 20.3 Å². The normalized spacial score (nSPS) is 30.8. The van der Waals surface area contributed by atoms with Gasteiger partial charge in [0.25, 0.3) is 5.92 Å². The Labute approximate surface area is 64.6 Å². The Morgan fingerprint density at radius 2 is 2.09 bits per heavy atom. The summed E-state index contributed by atoms with van der Waals surface area (Å²) < 4.78 is 25.1. The molecule has 0 amide bonds. The van der Waals surface area contributed by atoms with Crippen molar-refractivity contribution in [3.05, 3.63) is 0 Å². The van der Waals surface area contributed by atoms with Crippen LogP contribution < -0.4 is 5.32 Å². The van der Waals surface area contributed by atoms with Crippen LogP contribution in [0, 0.1) is 0 Å². The van der Waals surface area contributed by atoms with Crippen LogP contribution >= 0.6 is 0 Å². The molecule has 2 nitrogen and oxygen atoms in total. The molecule has 0 aromatic rings. The van der Waals surface area contributed by atoms with Crippen molar-refractivity contribution in [1.82, 2.24) is 5.32 Å². The predicted molar refractivity (Wildman–Crippen MR) is 37.7 cm³/mol. The van der Waals surface area contributed by atoms with Crippen LogP contribution in [-0.2, 0) is 0 Å². The molecule has 1 aliphatic heterocycles. The van der Waals surface area contributed by atoms with Gasteiger partial charge in [0, 0.05) is 12.5 Å². The molecule has 1 atom stereocenters. The van der Waals surface area contributed by atoms with Gasteiger partial charge < -0.3 is 10.4 Å². The molecule has 66 valence electrons. The number of alkyl halides is 2. The lowest BCUT2D eigenvalue weighted by atomic mass is 9.97. The second-order valence-corrected chi connectivity index (χ2v) is 3.65. The van der Waals surface area contributed by atoms with Crippen LogP contribution in [0.25, 0.3) is 0 Å². The molecule has 0 aromatic carbocycles. The monoisotopic (exact) mass is 165 g/mol. The Hall–Kier alpha value is -0.220. The third-order valence-electron chi connectivity index (χ3n) is 1.96. The molecule has 1 aliphatic rings. The van der Waals surface area contributed by atoms with E-state index in [1.165, 1.54) is 13.8 Å². The number of nitrogens with one attached hydrogen (secondary N) is 1. The van der Waals surface area contributed by atoms with Gasteiger partial charge in [0.2, 0.25) is 0 Å². The Bertz CT molecular complexity index is 153. The summed E-state index contributed by atoms with van der Waals surface area (Å²) in [5.41, 5.74) is -1.06. The van der Waals surface area contributed by atoms with Crippen molar-refractivity contribution in [2.45, 2.75) is 37.8 Å². The fourth-order valence-corrected chi connectivity index (χ4v) is 1.22. The average Bonchev–Trinajstić information content (AvgIpc) is 2.07. The molecule has 0 radical (unpaired) electrons. The van der Waals surface area contributed by atoms with Crippen molar-refractivity contribution < 1.29 is 13.9 Å². The minimum Gasteiger partial charge on any atom is -0.389 e. The lowest BCUT2D eigenvalue weighted by Crippen LogP contribution is -2.42. The van der Waals surface area contributed by atoms with E-state index in [-0.39, 0.29) is 13.0 Å². The van der Waals surface area contributed by atoms with Crippen molar-refractivity contribution in [1.29, 1.82) is 0 Å². The lowest BCUT2D eigenvalue weighted by Gasteiger charge is -2.24. The Balaban J connectivity index is 2.55. The first-order valence-electron chi connectivity index (χ1n) is 3.65. The lowest BCUT2D eigenvalue weighted by molar-refractivity contribution is -0.00161. The second kappa shape index (κ2) is 2.38. The Morgan fingerprint density at radius 3 is 2.27 bits per heavy atom. The molecular formula is C7H13F2NO. The first kappa shape index (κ1) is 8.87. The van der Waals surface area contributed by atoms with Gasteiger partial charge >= 0.3 is 0 Å². The number of hydrogen-bond donors (Lipinski definition) is 2. The number of aliphatic hydroxyl groups is 1. The van der Waals surface area contributed by atoms with Crippen molar-refractivity contribution in [2.75, 3.05) is 6.54 Å². The third kappa shape index (κ3) is 2.10. The van der Waals surface area contributed by atoms with E-state index in [0.717, 1.165) is 0 Å². The number of halogens is 2. The third-order valence-corrected chi connectivity index (χ3v) is 1.96. The van der Waals surface area contributed by atoms with E-state index in [4.69, 9.17) is 0 Å². The van der Waals surface area contributed by atoms with Gasteiger partial charge in [-0.05, 0) is 13.8 Å². The zero-order valence-corrected chi connectivity index (χ0v) is 6.69. The maximum absolute atomic E-state index is 12.6. The summed E-state index contributed by atoms with van der Waals surface area (Å²) in [6, 6.07) is -0.488. The molecule has 0 unspecified atom stereocenters. The average molecular weight is 165 g/mol. The maximum atomic E-state index is 12.6. The van der Waals surface area contributed by atoms with Crippen LogP contribution in [0.15, 0.2) is 0 Å². The van der Waals surface area contributed by atoms with Gasteiger partial charge in [-0.3, -0.25) is 0 Å². The molecule has 11 heavy (non-hydrogen) atoms. The molecule has 1 rings (SSSR count). The van der Waals surface area contributed by atoms with E-state index in [1.54, 1.807) is 0 Å². The quantitative estimate of drug-likeness (QED) is 0.601. The molecule has 0 aliphatic carbocycles. The summed E-state index contributed by atoms with van der Waals surface area (Å²) in [6.45, 7) is 2.75. The van der Waals surface area contributed by atoms with Crippen LogP contribution in [-0.4, -0.2) is 29.2 Å². The first-order valence-corrected chi connectivity index (χ1v) is 3.65. The van der Waals surface area contributed by atoms with Crippen molar-refractivity contribution in [3.63, 3.8) is 0 Å². The molecule has 0 aromatic heterocycles. The highest BCUT2D eigenvalue weighted by Crippen LogP contribution is 2.29. The van der Waals surface area contributed by atoms with Crippen LogP contribution in [0.3, 0.4) is 0 Å². The summed E-state index contributed by atoms with van der Waals surface area (Å²) >= 11 is 0. The zero-order chi connectivity index (χ0) is 8.70. The molecule has 1 heterocycles. The molecule has 2 N–H and O–H groups in total. The van der Waals surface area contributed by atoms with Gasteiger partial charge in [0.05, 0.1) is 12.1 Å². The number of hydrogen-bond acceptors (Lipinski definition) is 2. The molecule has 1 saturated heterocycles. The van der Waals surface area contributed by atoms with Gasteiger partial charge in [0.1, 0.15) is 0 Å². The summed E-state index contributed by atoms with van der Waals surface area (Å²) in [5, 5.41) is 11.9. The highest BCUT2D eigenvalue weighted by Gasteiger charge is 2.44. The van der Waals surface area contributed by atoms with E-state index in [1.807, 2.05) is 0 Å². The fourth-order valence-electron chi connectivity index (χ4n) is 1.22. The maximum Gasteiger partial charge on any atom is 0.261 e. The van der Waals surface area contributed by atoms with Gasteiger partial charge in [-0.25, -0.2) is 8.78 Å². The topological polar surface area (TPSA) is 32.3 Å². The highest BCUT2D eigenvalue weighted by atomic mass is 19.3. The van der Waals surface area contributed by atoms with E-state index in [2.05, 4.69) is 5.32 Å². The van der Waals surface area contributed by atoms with Gasteiger partial charge in [-0.1, -0.05) is 0 Å². The van der Waals surface area contributed by atoms with Crippen molar-refractivity contribution in [2.24, 2.45) is 0 Å². The molecule has 4 heteroatoms. The van der Waals surface area contributed by atoms with Crippen LogP contribution in [0.2, 0.25) is 0 Å². The standard InChI is InChI=1S/C7H13F2NO/c1-6(2,11)5-3-7(8,9)4-10-5/h5,10-11H,3-4H2,1-2H3/t5-/m0/s1. The van der Waals surface area contributed by atoms with Crippen molar-refractivity contribution >= 4 is 0 Å². The van der Waals surface area contributed by atoms with E-state index < -0.39 is 17.6 Å². The van der Waals surface area contributed by atoms with Crippen LogP contribution in [0.5, 0.6) is 0 Å². The molecule has 0 saturated carbocycles. The highest BCUT2D eigenvalue weighted by molar-refractivity contribution is 4.95.